The maximum atomic E-state index is 5.73. The van der Waals surface area contributed by atoms with Gasteiger partial charge in [-0.25, -0.2) is 0 Å². The highest BCUT2D eigenvalue weighted by atomic mass is 16.5. The quantitative estimate of drug-likeness (QED) is 0.798. The van der Waals surface area contributed by atoms with Crippen LogP contribution in [-0.4, -0.2) is 14.2 Å². The summed E-state index contributed by atoms with van der Waals surface area (Å²) in [5.41, 5.74) is 5.73. The number of methoxy groups -OCH3 is 2. The van der Waals surface area contributed by atoms with Crippen LogP contribution in [0.5, 0.6) is 11.5 Å². The zero-order valence-electron chi connectivity index (χ0n) is 14.4. The van der Waals surface area contributed by atoms with Gasteiger partial charge in [-0.1, -0.05) is 24.3 Å². The van der Waals surface area contributed by atoms with Gasteiger partial charge in [0.1, 0.15) is 11.5 Å². The van der Waals surface area contributed by atoms with E-state index in [0.29, 0.717) is 11.8 Å². The molecular weight excluding hydrogens is 296 g/mol. The Labute approximate surface area is 143 Å². The molecule has 124 valence electrons. The van der Waals surface area contributed by atoms with Crippen LogP contribution >= 0.6 is 0 Å². The van der Waals surface area contributed by atoms with Gasteiger partial charge >= 0.3 is 0 Å². The normalized spacial score (nSPS) is 29.4. The third kappa shape index (κ3) is 1.89. The molecule has 0 heterocycles. The minimum Gasteiger partial charge on any atom is -0.496 e. The monoisotopic (exact) mass is 320 g/mol. The molecule has 5 rings (SSSR count). The average Bonchev–Trinajstić information content (AvgIpc) is 2.60. The molecule has 2 heteroatoms. The van der Waals surface area contributed by atoms with Crippen LogP contribution in [0.25, 0.3) is 0 Å². The lowest BCUT2D eigenvalue weighted by Crippen LogP contribution is -2.50. The van der Waals surface area contributed by atoms with Crippen LogP contribution in [0.3, 0.4) is 0 Å². The summed E-state index contributed by atoms with van der Waals surface area (Å²) < 4.78 is 11.5. The number of benzene rings is 2. The molecule has 0 aromatic heterocycles. The molecule has 2 aromatic rings. The van der Waals surface area contributed by atoms with Crippen LogP contribution in [0, 0.1) is 11.8 Å². The Balaban J connectivity index is 1.70. The summed E-state index contributed by atoms with van der Waals surface area (Å²) in [6.07, 6.45) is 4.91. The molecule has 3 aliphatic rings. The summed E-state index contributed by atoms with van der Waals surface area (Å²) in [5.74, 6) is 4.95. The molecule has 4 bridgehead atoms. The fourth-order valence-corrected chi connectivity index (χ4v) is 5.37. The Hall–Kier alpha value is -1.96. The first kappa shape index (κ1) is 14.4. The first-order valence-electron chi connectivity index (χ1n) is 9.14. The Morgan fingerprint density at radius 3 is 1.54 bits per heavy atom. The van der Waals surface area contributed by atoms with Crippen molar-refractivity contribution in [1.29, 1.82) is 0 Å². The smallest absolute Gasteiger partial charge is 0.122 e. The number of fused-ring (bicyclic) bond motifs is 10. The maximum absolute atomic E-state index is 5.73. The Kier molecular flexibility index (Phi) is 3.16. The largest absolute Gasteiger partial charge is 0.496 e. The molecule has 4 atom stereocenters. The van der Waals surface area contributed by atoms with E-state index in [1.54, 1.807) is 14.2 Å². The van der Waals surface area contributed by atoms with Gasteiger partial charge in [0.2, 0.25) is 0 Å². The van der Waals surface area contributed by atoms with Crippen molar-refractivity contribution in [2.45, 2.75) is 37.5 Å². The molecule has 24 heavy (non-hydrogen) atoms. The molecule has 2 fully saturated rings. The summed E-state index contributed by atoms with van der Waals surface area (Å²) >= 11 is 0. The molecule has 4 unspecified atom stereocenters. The van der Waals surface area contributed by atoms with Crippen molar-refractivity contribution in [3.05, 3.63) is 58.7 Å². The molecule has 0 N–H and O–H groups in total. The SMILES string of the molecule is COc1ccc2cc1C1C3CCC3C1c1cc(ccc1OC)CC2. The molecule has 3 aliphatic carbocycles. The number of ether oxygens (including phenoxy) is 2. The summed E-state index contributed by atoms with van der Waals surface area (Å²) in [6, 6.07) is 13.7. The van der Waals surface area contributed by atoms with Crippen molar-refractivity contribution >= 4 is 0 Å². The minimum atomic E-state index is 0.584. The van der Waals surface area contributed by atoms with E-state index in [4.69, 9.17) is 9.47 Å². The van der Waals surface area contributed by atoms with Crippen LogP contribution in [0.15, 0.2) is 36.4 Å². The molecule has 2 aromatic carbocycles. The topological polar surface area (TPSA) is 18.5 Å². The highest BCUT2D eigenvalue weighted by Gasteiger charge is 2.57. The highest BCUT2D eigenvalue weighted by molar-refractivity contribution is 5.51. The predicted octanol–water partition coefficient (Wildman–Crippen LogP) is 4.71. The van der Waals surface area contributed by atoms with Crippen LogP contribution in [-0.2, 0) is 12.8 Å². The number of hydrogen-bond acceptors (Lipinski definition) is 2. The van der Waals surface area contributed by atoms with Gasteiger partial charge in [0.05, 0.1) is 14.2 Å². The zero-order valence-corrected chi connectivity index (χ0v) is 14.4. The molecule has 0 saturated heterocycles. The molecular formula is C22H24O2. The Bertz CT molecular complexity index is 727. The number of aryl methyl sites for hydroxylation is 2. The van der Waals surface area contributed by atoms with Crippen LogP contribution in [0.2, 0.25) is 0 Å². The zero-order chi connectivity index (χ0) is 16.3. The maximum Gasteiger partial charge on any atom is 0.122 e. The lowest BCUT2D eigenvalue weighted by Gasteiger charge is -2.60. The minimum absolute atomic E-state index is 0.584. The van der Waals surface area contributed by atoms with Gasteiger partial charge in [-0.15, -0.1) is 0 Å². The van der Waals surface area contributed by atoms with Crippen molar-refractivity contribution in [3.63, 3.8) is 0 Å². The van der Waals surface area contributed by atoms with E-state index in [-0.39, 0.29) is 0 Å². The molecule has 0 radical (unpaired) electrons. The summed E-state index contributed by atoms with van der Waals surface area (Å²) in [5, 5.41) is 0. The predicted molar refractivity (Wildman–Crippen MR) is 95.1 cm³/mol. The molecule has 0 aliphatic heterocycles. The fourth-order valence-electron chi connectivity index (χ4n) is 5.37. The molecule has 2 saturated carbocycles. The van der Waals surface area contributed by atoms with Crippen molar-refractivity contribution in [1.82, 2.24) is 0 Å². The van der Waals surface area contributed by atoms with Crippen molar-refractivity contribution in [3.8, 4) is 11.5 Å². The van der Waals surface area contributed by atoms with Gasteiger partial charge in [-0.2, -0.15) is 0 Å². The van der Waals surface area contributed by atoms with Gasteiger partial charge in [0.15, 0.2) is 0 Å². The van der Waals surface area contributed by atoms with Crippen molar-refractivity contribution in [2.75, 3.05) is 14.2 Å². The van der Waals surface area contributed by atoms with Gasteiger partial charge in [-0.05, 0) is 83.7 Å². The Morgan fingerprint density at radius 1 is 0.708 bits per heavy atom. The van der Waals surface area contributed by atoms with Crippen LogP contribution < -0.4 is 9.47 Å². The second-order valence-electron chi connectivity index (χ2n) is 7.61. The first-order chi connectivity index (χ1) is 11.8. The lowest BCUT2D eigenvalue weighted by atomic mass is 9.44. The molecule has 0 spiro atoms. The van der Waals surface area contributed by atoms with E-state index in [0.717, 1.165) is 36.2 Å². The molecule has 2 nitrogen and oxygen atoms in total. The second-order valence-corrected chi connectivity index (χ2v) is 7.61. The summed E-state index contributed by atoms with van der Waals surface area (Å²) in [7, 11) is 3.61. The van der Waals surface area contributed by atoms with E-state index >= 15 is 0 Å². The summed E-state index contributed by atoms with van der Waals surface area (Å²) in [6.45, 7) is 0. The third-order valence-corrected chi connectivity index (χ3v) is 6.70. The van der Waals surface area contributed by atoms with E-state index in [2.05, 4.69) is 36.4 Å². The Morgan fingerprint density at radius 2 is 1.17 bits per heavy atom. The second kappa shape index (κ2) is 5.27. The standard InChI is InChI=1S/C22H24O2/c1-23-19-9-5-13-3-4-14-6-10-20(24-2)18(12-14)22-16-8-7-15(16)21(22)17(19)11-13/h5-6,9-12,15-16,21-22H,3-4,7-8H2,1-2H3. The first-order valence-corrected chi connectivity index (χ1v) is 9.14. The third-order valence-electron chi connectivity index (χ3n) is 6.70. The van der Waals surface area contributed by atoms with E-state index < -0.39 is 0 Å². The molecule has 0 amide bonds. The summed E-state index contributed by atoms with van der Waals surface area (Å²) in [4.78, 5) is 0. The average molecular weight is 320 g/mol. The van der Waals surface area contributed by atoms with Gasteiger partial charge in [0, 0.05) is 0 Å². The van der Waals surface area contributed by atoms with Crippen molar-refractivity contribution < 1.29 is 9.47 Å². The lowest BCUT2D eigenvalue weighted by molar-refractivity contribution is -0.0133. The fraction of sp³-hybridized carbons (Fsp3) is 0.455. The van der Waals surface area contributed by atoms with Gasteiger partial charge in [-0.3, -0.25) is 0 Å². The van der Waals surface area contributed by atoms with E-state index in [9.17, 15) is 0 Å². The van der Waals surface area contributed by atoms with E-state index in [1.807, 2.05) is 0 Å². The highest BCUT2D eigenvalue weighted by Crippen LogP contribution is 2.68. The van der Waals surface area contributed by atoms with Crippen LogP contribution in [0.4, 0.5) is 0 Å². The van der Waals surface area contributed by atoms with Crippen molar-refractivity contribution in [2.24, 2.45) is 11.8 Å². The number of rotatable bonds is 2. The van der Waals surface area contributed by atoms with Gasteiger partial charge in [0.25, 0.3) is 0 Å². The van der Waals surface area contributed by atoms with Crippen LogP contribution in [0.1, 0.15) is 46.9 Å². The number of hydrogen-bond donors (Lipinski definition) is 0. The van der Waals surface area contributed by atoms with Gasteiger partial charge < -0.3 is 9.47 Å². The van der Waals surface area contributed by atoms with E-state index in [1.165, 1.54) is 35.1 Å².